The van der Waals surface area contributed by atoms with Gasteiger partial charge in [-0.05, 0) is 11.6 Å². The number of aromatic nitrogens is 1. The van der Waals surface area contributed by atoms with Crippen LogP contribution in [0.3, 0.4) is 0 Å². The van der Waals surface area contributed by atoms with Crippen molar-refractivity contribution in [1.29, 1.82) is 5.26 Å². The van der Waals surface area contributed by atoms with Gasteiger partial charge in [0.05, 0.1) is 11.5 Å². The number of amides is 2. The van der Waals surface area contributed by atoms with E-state index in [0.29, 0.717) is 11.4 Å². The normalized spacial score (nSPS) is 25.3. The summed E-state index contributed by atoms with van der Waals surface area (Å²) >= 11 is 1.24. The third-order valence-corrected chi connectivity index (χ3v) is 5.27. The Hall–Kier alpha value is -2.72. The predicted octanol–water partition coefficient (Wildman–Crippen LogP) is 1.77. The number of nitrogens with one attached hydrogen (secondary N) is 1. The SMILES string of the molecule is N#C[C@@H]1C[C@@]2(CN1C(=O)c1nccs1)C(=O)Nc1ccccc12. The predicted molar refractivity (Wildman–Crippen MR) is 83.9 cm³/mol. The number of anilines is 1. The van der Waals surface area contributed by atoms with Gasteiger partial charge in [-0.2, -0.15) is 5.26 Å². The fourth-order valence-electron chi connectivity index (χ4n) is 3.42. The maximum atomic E-state index is 12.6. The molecule has 2 atom stereocenters. The van der Waals surface area contributed by atoms with Gasteiger partial charge in [-0.1, -0.05) is 18.2 Å². The molecule has 0 bridgehead atoms. The van der Waals surface area contributed by atoms with Crippen LogP contribution in [0, 0.1) is 11.3 Å². The zero-order valence-corrected chi connectivity index (χ0v) is 12.8. The molecule has 3 heterocycles. The minimum atomic E-state index is -0.843. The second-order valence-corrected chi connectivity index (χ2v) is 6.60. The number of carbonyl (C=O) groups is 2. The third-order valence-electron chi connectivity index (χ3n) is 4.51. The van der Waals surface area contributed by atoms with Crippen LogP contribution in [0.5, 0.6) is 0 Å². The minimum Gasteiger partial charge on any atom is -0.325 e. The van der Waals surface area contributed by atoms with Crippen LogP contribution >= 0.6 is 11.3 Å². The van der Waals surface area contributed by atoms with Crippen molar-refractivity contribution >= 4 is 28.8 Å². The Morgan fingerprint density at radius 3 is 3.04 bits per heavy atom. The topological polar surface area (TPSA) is 86.1 Å². The second-order valence-electron chi connectivity index (χ2n) is 5.70. The second kappa shape index (κ2) is 4.89. The minimum absolute atomic E-state index is 0.145. The molecule has 2 aromatic rings. The Balaban J connectivity index is 1.75. The quantitative estimate of drug-likeness (QED) is 0.866. The summed E-state index contributed by atoms with van der Waals surface area (Å²) in [5, 5.41) is 14.4. The number of hydrogen-bond donors (Lipinski definition) is 1. The summed E-state index contributed by atoms with van der Waals surface area (Å²) in [5.74, 6) is -0.436. The van der Waals surface area contributed by atoms with Gasteiger partial charge < -0.3 is 10.2 Å². The van der Waals surface area contributed by atoms with E-state index >= 15 is 0 Å². The Labute approximate surface area is 136 Å². The molecule has 0 unspecified atom stereocenters. The fraction of sp³-hybridized carbons (Fsp3) is 0.250. The molecule has 0 radical (unpaired) electrons. The largest absolute Gasteiger partial charge is 0.325 e. The van der Waals surface area contributed by atoms with Gasteiger partial charge in [0, 0.05) is 30.2 Å². The van der Waals surface area contributed by atoms with Crippen molar-refractivity contribution in [2.45, 2.75) is 17.9 Å². The maximum Gasteiger partial charge on any atom is 0.283 e. The van der Waals surface area contributed by atoms with Gasteiger partial charge in [0.25, 0.3) is 5.91 Å². The first-order valence-electron chi connectivity index (χ1n) is 7.17. The highest BCUT2D eigenvalue weighted by atomic mass is 32.1. The van der Waals surface area contributed by atoms with Crippen molar-refractivity contribution in [3.05, 3.63) is 46.4 Å². The van der Waals surface area contributed by atoms with E-state index in [1.165, 1.54) is 16.2 Å². The van der Waals surface area contributed by atoms with E-state index in [2.05, 4.69) is 16.4 Å². The number of carbonyl (C=O) groups excluding carboxylic acids is 2. The molecule has 1 fully saturated rings. The van der Waals surface area contributed by atoms with Crippen LogP contribution in [0.1, 0.15) is 21.8 Å². The zero-order chi connectivity index (χ0) is 16.0. The number of benzene rings is 1. The zero-order valence-electron chi connectivity index (χ0n) is 12.0. The summed E-state index contributed by atoms with van der Waals surface area (Å²) < 4.78 is 0. The number of para-hydroxylation sites is 1. The Morgan fingerprint density at radius 2 is 2.30 bits per heavy atom. The monoisotopic (exact) mass is 324 g/mol. The van der Waals surface area contributed by atoms with E-state index in [4.69, 9.17) is 0 Å². The summed E-state index contributed by atoms with van der Waals surface area (Å²) in [6.07, 6.45) is 1.87. The van der Waals surface area contributed by atoms with Crippen molar-refractivity contribution in [2.75, 3.05) is 11.9 Å². The average molecular weight is 324 g/mol. The summed E-state index contributed by atoms with van der Waals surface area (Å²) in [6.45, 7) is 0.201. The standard InChI is InChI=1S/C16H12N4O2S/c17-8-10-7-16(9-20(10)14(21)13-18-5-6-23-13)11-3-1-2-4-12(11)19-15(16)22/h1-6,10H,7,9H2,(H,19,22)/t10-,16-/m0/s1. The first-order chi connectivity index (χ1) is 11.2. The molecule has 23 heavy (non-hydrogen) atoms. The Bertz CT molecular complexity index is 842. The smallest absolute Gasteiger partial charge is 0.283 e. The van der Waals surface area contributed by atoms with Gasteiger partial charge >= 0.3 is 0 Å². The van der Waals surface area contributed by atoms with E-state index in [1.54, 1.807) is 11.6 Å². The van der Waals surface area contributed by atoms with Gasteiger partial charge in [-0.3, -0.25) is 9.59 Å². The van der Waals surface area contributed by atoms with Gasteiger partial charge in [0.15, 0.2) is 5.01 Å². The molecule has 1 N–H and O–H groups in total. The summed E-state index contributed by atoms with van der Waals surface area (Å²) in [6, 6.07) is 8.98. The van der Waals surface area contributed by atoms with Gasteiger partial charge in [-0.15, -0.1) is 11.3 Å². The molecule has 0 aliphatic carbocycles. The lowest BCUT2D eigenvalue weighted by Crippen LogP contribution is -2.40. The molecular weight excluding hydrogens is 312 g/mol. The number of likely N-dealkylation sites (tertiary alicyclic amines) is 1. The number of nitrogens with zero attached hydrogens (tertiary/aromatic N) is 3. The van der Waals surface area contributed by atoms with E-state index in [-0.39, 0.29) is 18.4 Å². The van der Waals surface area contributed by atoms with Crippen LogP contribution in [0.25, 0.3) is 0 Å². The van der Waals surface area contributed by atoms with Gasteiger partial charge in [-0.25, -0.2) is 4.98 Å². The van der Waals surface area contributed by atoms with Crippen LogP contribution in [-0.4, -0.2) is 34.3 Å². The lowest BCUT2D eigenvalue weighted by molar-refractivity contribution is -0.120. The number of hydrogen-bond acceptors (Lipinski definition) is 5. The molecule has 2 aliphatic rings. The Kier molecular flexibility index (Phi) is 2.96. The Morgan fingerprint density at radius 1 is 1.48 bits per heavy atom. The first-order valence-corrected chi connectivity index (χ1v) is 8.05. The molecule has 1 aromatic carbocycles. The summed E-state index contributed by atoms with van der Waals surface area (Å²) in [4.78, 5) is 30.7. The van der Waals surface area contributed by atoms with Crippen LogP contribution < -0.4 is 5.32 Å². The molecule has 0 saturated carbocycles. The van der Waals surface area contributed by atoms with E-state index in [0.717, 1.165) is 11.3 Å². The molecule has 114 valence electrons. The third kappa shape index (κ3) is 1.88. The van der Waals surface area contributed by atoms with Crippen molar-refractivity contribution in [3.63, 3.8) is 0 Å². The highest BCUT2D eigenvalue weighted by Gasteiger charge is 2.56. The number of fused-ring (bicyclic) bond motifs is 2. The van der Waals surface area contributed by atoms with Crippen LogP contribution in [-0.2, 0) is 10.2 Å². The first kappa shape index (κ1) is 13.9. The molecule has 4 rings (SSSR count). The summed E-state index contributed by atoms with van der Waals surface area (Å²) in [7, 11) is 0. The molecule has 1 spiro atoms. The molecule has 2 amide bonds. The number of nitriles is 1. The van der Waals surface area contributed by atoms with Gasteiger partial charge in [0.1, 0.15) is 6.04 Å². The molecule has 6 nitrogen and oxygen atoms in total. The van der Waals surface area contributed by atoms with E-state index < -0.39 is 11.5 Å². The van der Waals surface area contributed by atoms with Crippen LogP contribution in [0.4, 0.5) is 5.69 Å². The fourth-order valence-corrected chi connectivity index (χ4v) is 4.01. The van der Waals surface area contributed by atoms with Crippen LogP contribution in [0.2, 0.25) is 0 Å². The molecule has 1 aromatic heterocycles. The van der Waals surface area contributed by atoms with Gasteiger partial charge in [0.2, 0.25) is 5.91 Å². The van der Waals surface area contributed by atoms with E-state index in [9.17, 15) is 14.9 Å². The van der Waals surface area contributed by atoms with Crippen molar-refractivity contribution in [1.82, 2.24) is 9.88 Å². The number of rotatable bonds is 1. The highest BCUT2D eigenvalue weighted by Crippen LogP contribution is 2.46. The number of thiazole rings is 1. The highest BCUT2D eigenvalue weighted by molar-refractivity contribution is 7.11. The lowest BCUT2D eigenvalue weighted by atomic mass is 9.80. The maximum absolute atomic E-state index is 12.6. The molecule has 2 aliphatic heterocycles. The van der Waals surface area contributed by atoms with E-state index in [1.807, 2.05) is 24.3 Å². The van der Waals surface area contributed by atoms with Crippen molar-refractivity contribution in [3.8, 4) is 6.07 Å². The van der Waals surface area contributed by atoms with Crippen molar-refractivity contribution in [2.24, 2.45) is 0 Å². The van der Waals surface area contributed by atoms with Crippen LogP contribution in [0.15, 0.2) is 35.8 Å². The summed E-state index contributed by atoms with van der Waals surface area (Å²) in [5.41, 5.74) is 0.779. The van der Waals surface area contributed by atoms with Crippen molar-refractivity contribution < 1.29 is 9.59 Å². The average Bonchev–Trinajstić information content (AvgIpc) is 3.28. The lowest BCUT2D eigenvalue weighted by Gasteiger charge is -2.22. The molecular formula is C16H12N4O2S. The molecule has 1 saturated heterocycles. The molecule has 7 heteroatoms.